The number of oxime groups is 1. The highest BCUT2D eigenvalue weighted by Crippen LogP contribution is 2.40. The van der Waals surface area contributed by atoms with Crippen LogP contribution in [0.4, 0.5) is 4.39 Å². The predicted molar refractivity (Wildman–Crippen MR) is 133 cm³/mol. The van der Waals surface area contributed by atoms with Crippen LogP contribution in [0.5, 0.6) is 5.75 Å². The number of ether oxygens (including phenoxy) is 2. The first-order chi connectivity index (χ1) is 17.2. The number of imidazole rings is 1. The zero-order valence-electron chi connectivity index (χ0n) is 20.7. The van der Waals surface area contributed by atoms with E-state index in [0.29, 0.717) is 23.9 Å². The van der Waals surface area contributed by atoms with E-state index in [1.807, 2.05) is 60.7 Å². The average molecular weight is 493 g/mol. The van der Waals surface area contributed by atoms with Gasteiger partial charge in [-0.3, -0.25) is 0 Å². The maximum atomic E-state index is 13.7. The first kappa shape index (κ1) is 23.9. The summed E-state index contributed by atoms with van der Waals surface area (Å²) in [6.07, 6.45) is 5.55. The number of morpholine rings is 1. The number of aliphatic hydroxyl groups is 1. The molecule has 1 unspecified atom stereocenters. The van der Waals surface area contributed by atoms with Gasteiger partial charge < -0.3 is 28.9 Å². The predicted octanol–water partition coefficient (Wildman–Crippen LogP) is 4.01. The molecule has 0 bridgehead atoms. The monoisotopic (exact) mass is 492 g/mol. The third-order valence-corrected chi connectivity index (χ3v) is 6.51. The van der Waals surface area contributed by atoms with Crippen molar-refractivity contribution in [3.63, 3.8) is 0 Å². The van der Waals surface area contributed by atoms with Gasteiger partial charge in [-0.15, -0.1) is 0 Å². The molecule has 3 heterocycles. The molecule has 5 rings (SSSR count). The van der Waals surface area contributed by atoms with E-state index in [1.54, 1.807) is 25.6 Å². The Kier molecular flexibility index (Phi) is 5.96. The number of hydrogen-bond donors (Lipinski definition) is 1. The summed E-state index contributed by atoms with van der Waals surface area (Å²) >= 11 is 0. The molecule has 8 nitrogen and oxygen atoms in total. The van der Waals surface area contributed by atoms with Crippen molar-refractivity contribution in [2.24, 2.45) is 5.16 Å². The van der Waals surface area contributed by atoms with Crippen molar-refractivity contribution in [1.29, 1.82) is 0 Å². The Morgan fingerprint density at radius 1 is 1.19 bits per heavy atom. The Bertz CT molecular complexity index is 1330. The molecule has 9 heteroatoms. The summed E-state index contributed by atoms with van der Waals surface area (Å²) in [6.45, 7) is 6.21. The number of halogens is 1. The number of hydrogen-bond acceptors (Lipinski definition) is 7. The van der Waals surface area contributed by atoms with E-state index in [9.17, 15) is 9.50 Å². The lowest BCUT2D eigenvalue weighted by Gasteiger charge is -2.52. The summed E-state index contributed by atoms with van der Waals surface area (Å²) in [7, 11) is 1.62. The second-order valence-corrected chi connectivity index (χ2v) is 9.70. The van der Waals surface area contributed by atoms with Gasteiger partial charge in [0.2, 0.25) is 5.84 Å². The number of aryl methyl sites for hydroxylation is 1. The molecule has 1 saturated heterocycles. The van der Waals surface area contributed by atoms with Gasteiger partial charge >= 0.3 is 0 Å². The van der Waals surface area contributed by atoms with E-state index in [4.69, 9.17) is 14.3 Å². The highest BCUT2D eigenvalue weighted by molar-refractivity contribution is 6.01. The molecule has 188 valence electrons. The zero-order valence-corrected chi connectivity index (χ0v) is 20.7. The molecule has 0 saturated carbocycles. The zero-order chi connectivity index (χ0) is 25.5. The minimum Gasteiger partial charge on any atom is -0.495 e. The number of nitrogens with zero attached hydrogens (tertiary/aromatic N) is 4. The standard InChI is InChI=1S/C27H29FN4O4/c1-18-13-31(17-29-18)22-10-5-19(11-23(22)34-4)12-24-25-30-35-16-27(15-33,20-6-8-21(28)9-7-20)32(25)14-26(2,3)36-24/h5-13,17,33H,14-16H2,1-4H3. The summed E-state index contributed by atoms with van der Waals surface area (Å²) in [5, 5.41) is 14.9. The molecule has 1 fully saturated rings. The van der Waals surface area contributed by atoms with E-state index in [1.165, 1.54) is 12.1 Å². The summed E-state index contributed by atoms with van der Waals surface area (Å²) in [5.41, 5.74) is 1.81. The Morgan fingerprint density at radius 3 is 2.64 bits per heavy atom. The van der Waals surface area contributed by atoms with Gasteiger partial charge in [0.15, 0.2) is 5.76 Å². The summed E-state index contributed by atoms with van der Waals surface area (Å²) in [6, 6.07) is 11.9. The van der Waals surface area contributed by atoms with Crippen LogP contribution in [0.25, 0.3) is 11.8 Å². The first-order valence-corrected chi connectivity index (χ1v) is 11.7. The number of rotatable bonds is 5. The molecular formula is C27H29FN4O4. The van der Waals surface area contributed by atoms with Crippen LogP contribution >= 0.6 is 0 Å². The number of aliphatic hydroxyl groups excluding tert-OH is 1. The van der Waals surface area contributed by atoms with Gasteiger partial charge in [-0.05, 0) is 62.2 Å². The third-order valence-electron chi connectivity index (χ3n) is 6.51. The Morgan fingerprint density at radius 2 is 1.97 bits per heavy atom. The minimum absolute atomic E-state index is 0.120. The smallest absolute Gasteiger partial charge is 0.211 e. The normalized spacial score (nSPS) is 21.9. The highest BCUT2D eigenvalue weighted by atomic mass is 19.1. The van der Waals surface area contributed by atoms with Gasteiger partial charge in [0.25, 0.3) is 0 Å². The molecule has 3 aromatic rings. The maximum Gasteiger partial charge on any atom is 0.211 e. The van der Waals surface area contributed by atoms with Crippen molar-refractivity contribution < 1.29 is 23.8 Å². The number of methoxy groups -OCH3 is 1. The molecule has 36 heavy (non-hydrogen) atoms. The van der Waals surface area contributed by atoms with Crippen molar-refractivity contribution in [3.05, 3.63) is 83.4 Å². The molecule has 0 amide bonds. The number of fused-ring (bicyclic) bond motifs is 1. The van der Waals surface area contributed by atoms with Crippen LogP contribution in [0, 0.1) is 12.7 Å². The minimum atomic E-state index is -0.939. The molecule has 1 atom stereocenters. The van der Waals surface area contributed by atoms with Crippen LogP contribution in [-0.2, 0) is 15.1 Å². The summed E-state index contributed by atoms with van der Waals surface area (Å²) < 4.78 is 27.6. The molecule has 1 N–H and O–H groups in total. The Labute approximate surface area is 209 Å². The molecule has 0 spiro atoms. The molecular weight excluding hydrogens is 463 g/mol. The van der Waals surface area contributed by atoms with Gasteiger partial charge in [-0.1, -0.05) is 23.4 Å². The first-order valence-electron chi connectivity index (χ1n) is 11.7. The number of aromatic nitrogens is 2. The van der Waals surface area contributed by atoms with Gasteiger partial charge in [-0.2, -0.15) is 0 Å². The molecule has 2 aliphatic heterocycles. The van der Waals surface area contributed by atoms with Crippen molar-refractivity contribution in [2.45, 2.75) is 31.9 Å². The molecule has 1 aromatic heterocycles. The van der Waals surface area contributed by atoms with E-state index in [0.717, 1.165) is 22.5 Å². The van der Waals surface area contributed by atoms with Crippen molar-refractivity contribution >= 4 is 11.9 Å². The fourth-order valence-electron chi connectivity index (χ4n) is 4.71. The quantitative estimate of drug-likeness (QED) is 0.580. The Balaban J connectivity index is 1.56. The van der Waals surface area contributed by atoms with Crippen LogP contribution in [0.2, 0.25) is 0 Å². The van der Waals surface area contributed by atoms with Crippen LogP contribution < -0.4 is 4.74 Å². The topological polar surface area (TPSA) is 81.3 Å². The van der Waals surface area contributed by atoms with E-state index >= 15 is 0 Å². The van der Waals surface area contributed by atoms with E-state index in [2.05, 4.69) is 10.1 Å². The van der Waals surface area contributed by atoms with Crippen molar-refractivity contribution in [1.82, 2.24) is 14.5 Å². The largest absolute Gasteiger partial charge is 0.495 e. The van der Waals surface area contributed by atoms with E-state index in [-0.39, 0.29) is 19.0 Å². The van der Waals surface area contributed by atoms with Crippen molar-refractivity contribution in [2.75, 3.05) is 26.9 Å². The lowest BCUT2D eigenvalue weighted by Crippen LogP contribution is -2.63. The van der Waals surface area contributed by atoms with Gasteiger partial charge in [0.05, 0.1) is 38.0 Å². The summed E-state index contributed by atoms with van der Waals surface area (Å²) in [4.78, 5) is 11.9. The third kappa shape index (κ3) is 4.19. The average Bonchev–Trinajstić information content (AvgIpc) is 3.29. The maximum absolute atomic E-state index is 13.7. The summed E-state index contributed by atoms with van der Waals surface area (Å²) in [5.74, 6) is 1.29. The second-order valence-electron chi connectivity index (χ2n) is 9.70. The molecule has 0 aliphatic carbocycles. The van der Waals surface area contributed by atoms with Crippen LogP contribution in [0.15, 0.2) is 65.9 Å². The fraction of sp³-hybridized carbons (Fsp3) is 0.333. The molecule has 0 radical (unpaired) electrons. The molecule has 2 aliphatic rings. The second kappa shape index (κ2) is 8.98. The number of amidine groups is 1. The van der Waals surface area contributed by atoms with Crippen molar-refractivity contribution in [3.8, 4) is 11.4 Å². The van der Waals surface area contributed by atoms with Crippen LogP contribution in [-0.4, -0.2) is 57.9 Å². The molecule has 2 aromatic carbocycles. The Hall–Kier alpha value is -3.85. The lowest BCUT2D eigenvalue weighted by molar-refractivity contribution is -0.0883. The van der Waals surface area contributed by atoms with Gasteiger partial charge in [0, 0.05) is 6.20 Å². The lowest BCUT2D eigenvalue weighted by atomic mass is 9.86. The highest BCUT2D eigenvalue weighted by Gasteiger charge is 2.50. The van der Waals surface area contributed by atoms with Gasteiger partial charge in [0.1, 0.15) is 29.3 Å². The van der Waals surface area contributed by atoms with Gasteiger partial charge in [-0.25, -0.2) is 9.37 Å². The fourth-order valence-corrected chi connectivity index (χ4v) is 4.71. The number of benzene rings is 2. The van der Waals surface area contributed by atoms with Crippen LogP contribution in [0.3, 0.4) is 0 Å². The SMILES string of the molecule is COc1cc(C=C2OC(C)(C)CN3C2=NOCC3(CO)c2ccc(F)cc2)ccc1-n1cnc(C)c1. The van der Waals surface area contributed by atoms with Crippen LogP contribution in [0.1, 0.15) is 30.7 Å². The van der Waals surface area contributed by atoms with E-state index < -0.39 is 11.1 Å².